The van der Waals surface area contributed by atoms with Gasteiger partial charge in [0.25, 0.3) is 0 Å². The largest absolute Gasteiger partial charge is 0.0879 e. The minimum Gasteiger partial charge on any atom is -0.0879 e. The normalized spacial score (nSPS) is 38.9. The maximum Gasteiger partial charge on any atom is 0 e. The van der Waals surface area contributed by atoms with Gasteiger partial charge in [-0.3, -0.25) is 0 Å². The minimum atomic E-state index is 0. The molecule has 4 atom stereocenters. The van der Waals surface area contributed by atoms with E-state index in [9.17, 15) is 0 Å². The predicted octanol–water partition coefficient (Wildman–Crippen LogP) is 3.91. The summed E-state index contributed by atoms with van der Waals surface area (Å²) in [4.78, 5) is 0. The number of rotatable bonds is 0. The molecule has 0 N–H and O–H groups in total. The van der Waals surface area contributed by atoms with E-state index in [4.69, 9.17) is 0 Å². The van der Waals surface area contributed by atoms with Crippen LogP contribution < -0.4 is 0 Å². The zero-order valence-corrected chi connectivity index (χ0v) is 9.39. The average molecular weight is 299 g/mol. The summed E-state index contributed by atoms with van der Waals surface area (Å²) in [6.45, 7) is 0. The molecule has 4 radical (unpaired) electrons. The van der Waals surface area contributed by atoms with Gasteiger partial charge in [0.05, 0.1) is 0 Å². The van der Waals surface area contributed by atoms with E-state index in [1.165, 1.54) is 12.8 Å². The SMILES string of the molecule is C.C.C.C1=CC2C3C=CC(C3)C2C1.[Sn]. The van der Waals surface area contributed by atoms with Crippen molar-refractivity contribution < 1.29 is 0 Å². The van der Waals surface area contributed by atoms with Gasteiger partial charge in [0, 0.05) is 23.9 Å². The summed E-state index contributed by atoms with van der Waals surface area (Å²) in [5.74, 6) is 3.82. The first-order chi connectivity index (χ1) is 4.95. The molecule has 0 aromatic rings. The number of hydrogen-bond acceptors (Lipinski definition) is 0. The van der Waals surface area contributed by atoms with Crippen molar-refractivity contribution in [2.75, 3.05) is 0 Å². The molecule has 1 heteroatoms. The predicted molar refractivity (Wildman–Crippen MR) is 67.4 cm³/mol. The van der Waals surface area contributed by atoms with Crippen molar-refractivity contribution in [2.24, 2.45) is 23.7 Å². The maximum atomic E-state index is 2.44. The molecule has 0 nitrogen and oxygen atoms in total. The molecule has 2 bridgehead atoms. The fourth-order valence-corrected chi connectivity index (χ4v) is 2.97. The summed E-state index contributed by atoms with van der Waals surface area (Å²) < 4.78 is 0. The number of fused-ring (bicyclic) bond motifs is 5. The summed E-state index contributed by atoms with van der Waals surface area (Å²) in [6, 6.07) is 0. The topological polar surface area (TPSA) is 0 Å². The third-order valence-electron chi connectivity index (χ3n) is 3.46. The first kappa shape index (κ1) is 16.7. The zero-order chi connectivity index (χ0) is 6.55. The molecule has 4 unspecified atom stereocenters. The second-order valence-electron chi connectivity index (χ2n) is 3.85. The zero-order valence-electron chi connectivity index (χ0n) is 6.53. The molecule has 80 valence electrons. The molecule has 14 heavy (non-hydrogen) atoms. The first-order valence-corrected chi connectivity index (χ1v) is 4.30. The molecule has 3 aliphatic rings. The Hall–Kier alpha value is 0.279. The molecule has 0 aliphatic heterocycles. The van der Waals surface area contributed by atoms with Crippen LogP contribution in [0.4, 0.5) is 0 Å². The Labute approximate surface area is 107 Å². The van der Waals surface area contributed by atoms with Gasteiger partial charge < -0.3 is 0 Å². The van der Waals surface area contributed by atoms with Crippen LogP contribution in [0.5, 0.6) is 0 Å². The fourth-order valence-electron chi connectivity index (χ4n) is 2.97. The molecule has 1 saturated carbocycles. The molecular weight excluding hydrogens is 275 g/mol. The molecule has 1 fully saturated rings. The Kier molecular flexibility index (Phi) is 7.15. The van der Waals surface area contributed by atoms with Crippen LogP contribution in [-0.2, 0) is 0 Å². The number of hydrogen-bond donors (Lipinski definition) is 0. The molecular formula is C13H24Sn. The smallest absolute Gasteiger partial charge is 0 e. The molecule has 0 aromatic heterocycles. The van der Waals surface area contributed by atoms with Crippen LogP contribution in [0, 0.1) is 23.7 Å². The van der Waals surface area contributed by atoms with Gasteiger partial charge in [-0.05, 0) is 36.5 Å². The maximum absolute atomic E-state index is 2.44. The van der Waals surface area contributed by atoms with Gasteiger partial charge in [-0.25, -0.2) is 0 Å². The van der Waals surface area contributed by atoms with Crippen LogP contribution in [0.3, 0.4) is 0 Å². The first-order valence-electron chi connectivity index (χ1n) is 4.30. The van der Waals surface area contributed by atoms with E-state index >= 15 is 0 Å². The molecule has 0 spiro atoms. The molecule has 3 rings (SSSR count). The molecule has 0 aromatic carbocycles. The van der Waals surface area contributed by atoms with Crippen molar-refractivity contribution >= 4 is 23.9 Å². The van der Waals surface area contributed by atoms with Crippen molar-refractivity contribution in [2.45, 2.75) is 35.1 Å². The van der Waals surface area contributed by atoms with Crippen molar-refractivity contribution in [3.05, 3.63) is 24.3 Å². The van der Waals surface area contributed by atoms with Crippen LogP contribution in [0.1, 0.15) is 35.1 Å². The molecule has 0 amide bonds. The molecule has 0 heterocycles. The quantitative estimate of drug-likeness (QED) is 0.470. The molecule has 3 aliphatic carbocycles. The second-order valence-corrected chi connectivity index (χ2v) is 3.85. The van der Waals surface area contributed by atoms with E-state index in [1.54, 1.807) is 0 Å². The van der Waals surface area contributed by atoms with E-state index in [0.29, 0.717) is 0 Å². The second kappa shape index (κ2) is 5.99. The van der Waals surface area contributed by atoms with Gasteiger partial charge in [-0.2, -0.15) is 0 Å². The van der Waals surface area contributed by atoms with E-state index in [1.807, 2.05) is 0 Å². The van der Waals surface area contributed by atoms with Crippen LogP contribution in [-0.4, -0.2) is 23.9 Å². The van der Waals surface area contributed by atoms with Gasteiger partial charge in [0.15, 0.2) is 0 Å². The Morgan fingerprint density at radius 1 is 0.857 bits per heavy atom. The third kappa shape index (κ3) is 2.10. The number of allylic oxidation sites excluding steroid dienone is 4. The van der Waals surface area contributed by atoms with Crippen molar-refractivity contribution in [1.29, 1.82) is 0 Å². The minimum absolute atomic E-state index is 0. The Balaban J connectivity index is 0. The Morgan fingerprint density at radius 3 is 2.14 bits per heavy atom. The van der Waals surface area contributed by atoms with Gasteiger partial charge in [0.2, 0.25) is 0 Å². The van der Waals surface area contributed by atoms with Gasteiger partial charge in [0.1, 0.15) is 0 Å². The van der Waals surface area contributed by atoms with Gasteiger partial charge >= 0.3 is 0 Å². The summed E-state index contributed by atoms with van der Waals surface area (Å²) in [6.07, 6.45) is 12.5. The van der Waals surface area contributed by atoms with Crippen molar-refractivity contribution in [3.8, 4) is 0 Å². The van der Waals surface area contributed by atoms with E-state index < -0.39 is 0 Å². The van der Waals surface area contributed by atoms with E-state index in [-0.39, 0.29) is 46.2 Å². The standard InChI is InChI=1S/C10H12.3CH4.Sn/c1-2-9-7-4-5-8(6-7)10(9)3-1;;;;/h1-2,4-5,7-10H,3,6H2;3*1H4;. The summed E-state index contributed by atoms with van der Waals surface area (Å²) >= 11 is 0. The van der Waals surface area contributed by atoms with Crippen LogP contribution in [0.15, 0.2) is 24.3 Å². The fraction of sp³-hybridized carbons (Fsp3) is 0.692. The average Bonchev–Trinajstić information content (AvgIpc) is 2.60. The monoisotopic (exact) mass is 300 g/mol. The Morgan fingerprint density at radius 2 is 1.50 bits per heavy atom. The van der Waals surface area contributed by atoms with E-state index in [0.717, 1.165) is 23.7 Å². The van der Waals surface area contributed by atoms with Crippen molar-refractivity contribution in [1.82, 2.24) is 0 Å². The van der Waals surface area contributed by atoms with Crippen LogP contribution >= 0.6 is 0 Å². The van der Waals surface area contributed by atoms with Gasteiger partial charge in [-0.1, -0.05) is 46.6 Å². The summed E-state index contributed by atoms with van der Waals surface area (Å²) in [7, 11) is 0. The van der Waals surface area contributed by atoms with E-state index in [2.05, 4.69) is 24.3 Å². The van der Waals surface area contributed by atoms with Crippen LogP contribution in [0.2, 0.25) is 0 Å². The summed E-state index contributed by atoms with van der Waals surface area (Å²) in [5.41, 5.74) is 0. The summed E-state index contributed by atoms with van der Waals surface area (Å²) in [5, 5.41) is 0. The third-order valence-corrected chi connectivity index (χ3v) is 3.46. The Bertz CT molecular complexity index is 217. The van der Waals surface area contributed by atoms with Gasteiger partial charge in [-0.15, -0.1) is 0 Å². The van der Waals surface area contributed by atoms with Crippen LogP contribution in [0.25, 0.3) is 0 Å². The van der Waals surface area contributed by atoms with Crippen molar-refractivity contribution in [3.63, 3.8) is 0 Å². The molecule has 0 saturated heterocycles.